The van der Waals surface area contributed by atoms with Crippen LogP contribution >= 0.6 is 0 Å². The molecule has 116 valence electrons. The summed E-state index contributed by atoms with van der Waals surface area (Å²) in [5.41, 5.74) is 1.38. The highest BCUT2D eigenvalue weighted by Gasteiger charge is 2.31. The lowest BCUT2D eigenvalue weighted by atomic mass is 10.1. The summed E-state index contributed by atoms with van der Waals surface area (Å²) < 4.78 is 0. The van der Waals surface area contributed by atoms with Crippen LogP contribution in [0.5, 0.6) is 0 Å². The van der Waals surface area contributed by atoms with E-state index in [0.29, 0.717) is 12.2 Å². The van der Waals surface area contributed by atoms with Crippen molar-refractivity contribution < 1.29 is 4.79 Å². The zero-order valence-corrected chi connectivity index (χ0v) is 13.0. The summed E-state index contributed by atoms with van der Waals surface area (Å²) in [5, 5.41) is 0. The first-order chi connectivity index (χ1) is 10.7. The molecule has 1 aliphatic heterocycles. The van der Waals surface area contributed by atoms with Crippen LogP contribution in [0.4, 0.5) is 0 Å². The highest BCUT2D eigenvalue weighted by molar-refractivity contribution is 5.92. The Labute approximate surface area is 130 Å². The van der Waals surface area contributed by atoms with E-state index in [0.717, 1.165) is 31.2 Å². The van der Waals surface area contributed by atoms with E-state index >= 15 is 0 Å². The molecule has 2 aromatic rings. The standard InChI is InChI=1S/C16H21N5O/c1-3-20-9-10-21(11-14(20)15-17-7-8-18-15)16(22)13-6-4-5-12(2)19-13/h4-8,14H,3,9-11H2,1-2H3,(H,17,18)/t14-/m1/s1. The molecule has 2 aromatic heterocycles. The van der Waals surface area contributed by atoms with E-state index in [9.17, 15) is 4.79 Å². The molecular formula is C16H21N5O. The molecule has 1 atom stereocenters. The Morgan fingerprint density at radius 1 is 1.41 bits per heavy atom. The summed E-state index contributed by atoms with van der Waals surface area (Å²) in [6, 6.07) is 5.67. The number of H-pyrrole nitrogens is 1. The van der Waals surface area contributed by atoms with Gasteiger partial charge in [-0.2, -0.15) is 0 Å². The fourth-order valence-corrected chi connectivity index (χ4v) is 2.93. The molecule has 0 unspecified atom stereocenters. The van der Waals surface area contributed by atoms with Crippen molar-refractivity contribution in [3.05, 3.63) is 47.8 Å². The monoisotopic (exact) mass is 299 g/mol. The van der Waals surface area contributed by atoms with Crippen LogP contribution < -0.4 is 0 Å². The Balaban J connectivity index is 1.79. The van der Waals surface area contributed by atoms with Crippen LogP contribution in [-0.4, -0.2) is 56.8 Å². The molecule has 22 heavy (non-hydrogen) atoms. The van der Waals surface area contributed by atoms with Gasteiger partial charge in [0.1, 0.15) is 11.5 Å². The van der Waals surface area contributed by atoms with E-state index in [-0.39, 0.29) is 11.9 Å². The van der Waals surface area contributed by atoms with Crippen molar-refractivity contribution in [1.82, 2.24) is 24.8 Å². The SMILES string of the molecule is CCN1CCN(C(=O)c2cccc(C)n2)C[C@@H]1c1ncc[nH]1. The molecule has 6 nitrogen and oxygen atoms in total. The molecule has 0 spiro atoms. The second-order valence-electron chi connectivity index (χ2n) is 5.53. The molecule has 1 N–H and O–H groups in total. The maximum Gasteiger partial charge on any atom is 0.272 e. The van der Waals surface area contributed by atoms with Gasteiger partial charge in [-0.3, -0.25) is 9.69 Å². The number of likely N-dealkylation sites (N-methyl/N-ethyl adjacent to an activating group) is 1. The number of hydrogen-bond acceptors (Lipinski definition) is 4. The Hall–Kier alpha value is -2.21. The minimum atomic E-state index is -0.00370. The Morgan fingerprint density at radius 3 is 2.95 bits per heavy atom. The number of pyridine rings is 1. The van der Waals surface area contributed by atoms with Crippen molar-refractivity contribution in [2.75, 3.05) is 26.2 Å². The molecule has 0 aliphatic carbocycles. The summed E-state index contributed by atoms with van der Waals surface area (Å²) >= 11 is 0. The fraction of sp³-hybridized carbons (Fsp3) is 0.438. The van der Waals surface area contributed by atoms with Crippen LogP contribution in [0.15, 0.2) is 30.6 Å². The summed E-state index contributed by atoms with van der Waals surface area (Å²) in [7, 11) is 0. The number of nitrogens with zero attached hydrogens (tertiary/aromatic N) is 4. The number of rotatable bonds is 3. The van der Waals surface area contributed by atoms with Crippen molar-refractivity contribution >= 4 is 5.91 Å². The lowest BCUT2D eigenvalue weighted by Gasteiger charge is -2.39. The number of amides is 1. The molecule has 1 aliphatic rings. The van der Waals surface area contributed by atoms with E-state index in [1.807, 2.05) is 30.2 Å². The minimum absolute atomic E-state index is 0.00370. The smallest absolute Gasteiger partial charge is 0.272 e. The van der Waals surface area contributed by atoms with Crippen LogP contribution in [0, 0.1) is 6.92 Å². The third kappa shape index (κ3) is 2.87. The molecule has 0 saturated carbocycles. The molecular weight excluding hydrogens is 278 g/mol. The molecule has 3 heterocycles. The Kier molecular flexibility index (Phi) is 4.20. The molecule has 3 rings (SSSR count). The van der Waals surface area contributed by atoms with Crippen LogP contribution in [0.1, 0.15) is 35.0 Å². The minimum Gasteiger partial charge on any atom is -0.347 e. The first kappa shape index (κ1) is 14.7. The molecule has 1 saturated heterocycles. The number of carbonyl (C=O) groups is 1. The van der Waals surface area contributed by atoms with Crippen LogP contribution in [-0.2, 0) is 0 Å². The van der Waals surface area contributed by atoms with Gasteiger partial charge in [-0.1, -0.05) is 13.0 Å². The number of aromatic amines is 1. The third-order valence-electron chi connectivity index (χ3n) is 4.13. The first-order valence-electron chi connectivity index (χ1n) is 7.65. The quantitative estimate of drug-likeness (QED) is 0.935. The van der Waals surface area contributed by atoms with Crippen LogP contribution in [0.25, 0.3) is 0 Å². The van der Waals surface area contributed by atoms with Gasteiger partial charge in [0.05, 0.1) is 6.04 Å². The van der Waals surface area contributed by atoms with Crippen molar-refractivity contribution in [3.63, 3.8) is 0 Å². The first-order valence-corrected chi connectivity index (χ1v) is 7.65. The van der Waals surface area contributed by atoms with Gasteiger partial charge in [0.25, 0.3) is 5.91 Å². The molecule has 6 heteroatoms. The molecule has 1 amide bonds. The van der Waals surface area contributed by atoms with Gasteiger partial charge in [-0.25, -0.2) is 9.97 Å². The van der Waals surface area contributed by atoms with Gasteiger partial charge in [-0.15, -0.1) is 0 Å². The molecule has 0 radical (unpaired) electrons. The van der Waals surface area contributed by atoms with Crippen molar-refractivity contribution in [3.8, 4) is 0 Å². The number of imidazole rings is 1. The average molecular weight is 299 g/mol. The van der Waals surface area contributed by atoms with E-state index in [1.54, 1.807) is 12.3 Å². The molecule has 0 bridgehead atoms. The number of aryl methyl sites for hydroxylation is 1. The van der Waals surface area contributed by atoms with Crippen LogP contribution in [0.2, 0.25) is 0 Å². The number of carbonyl (C=O) groups excluding carboxylic acids is 1. The van der Waals surface area contributed by atoms with Gasteiger partial charge in [0.2, 0.25) is 0 Å². The highest BCUT2D eigenvalue weighted by Crippen LogP contribution is 2.23. The van der Waals surface area contributed by atoms with E-state index in [1.165, 1.54) is 0 Å². The number of nitrogens with one attached hydrogen (secondary N) is 1. The maximum atomic E-state index is 12.7. The summed E-state index contributed by atoms with van der Waals surface area (Å²) in [6.07, 6.45) is 3.58. The second-order valence-corrected chi connectivity index (χ2v) is 5.53. The predicted octanol–water partition coefficient (Wildman–Crippen LogP) is 1.63. The lowest BCUT2D eigenvalue weighted by molar-refractivity contribution is 0.0474. The average Bonchev–Trinajstić information content (AvgIpc) is 3.08. The number of hydrogen-bond donors (Lipinski definition) is 1. The van der Waals surface area contributed by atoms with Gasteiger partial charge >= 0.3 is 0 Å². The van der Waals surface area contributed by atoms with Gasteiger partial charge in [0.15, 0.2) is 0 Å². The third-order valence-corrected chi connectivity index (χ3v) is 4.13. The largest absolute Gasteiger partial charge is 0.347 e. The van der Waals surface area contributed by atoms with Gasteiger partial charge in [-0.05, 0) is 25.6 Å². The number of aromatic nitrogens is 3. The fourth-order valence-electron chi connectivity index (χ4n) is 2.93. The Morgan fingerprint density at radius 2 is 2.27 bits per heavy atom. The number of piperazine rings is 1. The van der Waals surface area contributed by atoms with Crippen molar-refractivity contribution in [2.24, 2.45) is 0 Å². The van der Waals surface area contributed by atoms with E-state index in [4.69, 9.17) is 0 Å². The Bertz CT molecular complexity index is 640. The predicted molar refractivity (Wildman–Crippen MR) is 83.5 cm³/mol. The van der Waals surface area contributed by atoms with Crippen molar-refractivity contribution in [1.29, 1.82) is 0 Å². The zero-order chi connectivity index (χ0) is 15.5. The zero-order valence-electron chi connectivity index (χ0n) is 13.0. The topological polar surface area (TPSA) is 65.1 Å². The summed E-state index contributed by atoms with van der Waals surface area (Å²) in [5.74, 6) is 0.910. The second kappa shape index (κ2) is 6.27. The molecule has 0 aromatic carbocycles. The van der Waals surface area contributed by atoms with E-state index < -0.39 is 0 Å². The van der Waals surface area contributed by atoms with Gasteiger partial charge in [0, 0.05) is 37.7 Å². The maximum absolute atomic E-state index is 12.7. The molecule has 1 fully saturated rings. The van der Waals surface area contributed by atoms with E-state index in [2.05, 4.69) is 26.8 Å². The highest BCUT2D eigenvalue weighted by atomic mass is 16.2. The van der Waals surface area contributed by atoms with Crippen LogP contribution in [0.3, 0.4) is 0 Å². The summed E-state index contributed by atoms with van der Waals surface area (Å²) in [6.45, 7) is 7.18. The summed E-state index contributed by atoms with van der Waals surface area (Å²) in [4.78, 5) is 28.8. The normalized spacial score (nSPS) is 19.4. The van der Waals surface area contributed by atoms with Gasteiger partial charge < -0.3 is 9.88 Å². The van der Waals surface area contributed by atoms with Crippen molar-refractivity contribution in [2.45, 2.75) is 19.9 Å². The lowest BCUT2D eigenvalue weighted by Crippen LogP contribution is -2.50.